The van der Waals surface area contributed by atoms with Crippen molar-refractivity contribution >= 4 is 6.09 Å². The zero-order valence-corrected chi connectivity index (χ0v) is 14.9. The van der Waals surface area contributed by atoms with E-state index in [1.54, 1.807) is 0 Å². The molecule has 3 N–H and O–H groups in total. The quantitative estimate of drug-likeness (QED) is 0.636. The lowest BCUT2D eigenvalue weighted by Crippen LogP contribution is -2.54. The van der Waals surface area contributed by atoms with Crippen LogP contribution in [-0.4, -0.2) is 28.5 Å². The second-order valence-electron chi connectivity index (χ2n) is 9.25. The molecule has 0 aromatic carbocycles. The summed E-state index contributed by atoms with van der Waals surface area (Å²) in [5, 5.41) is 22.0. The lowest BCUT2D eigenvalue weighted by Gasteiger charge is -2.58. The summed E-state index contributed by atoms with van der Waals surface area (Å²) >= 11 is 0. The fraction of sp³-hybridized carbons (Fsp3) is 0.850. The highest BCUT2D eigenvalue weighted by atomic mass is 16.4. The maximum Gasteiger partial charge on any atom is 0.404 e. The van der Waals surface area contributed by atoms with Crippen LogP contribution in [0.1, 0.15) is 65.2 Å². The lowest BCUT2D eigenvalue weighted by atomic mass is 9.47. The predicted molar refractivity (Wildman–Crippen MR) is 92.7 cm³/mol. The van der Waals surface area contributed by atoms with Crippen molar-refractivity contribution < 1.29 is 15.0 Å². The first-order valence-electron chi connectivity index (χ1n) is 9.73. The van der Waals surface area contributed by atoms with Crippen LogP contribution in [0.4, 0.5) is 4.79 Å². The van der Waals surface area contributed by atoms with Crippen molar-refractivity contribution in [3.8, 4) is 0 Å². The van der Waals surface area contributed by atoms with Gasteiger partial charge in [0.25, 0.3) is 0 Å². The average Bonchev–Trinajstić information content (AvgIpc) is 2.84. The second-order valence-corrected chi connectivity index (χ2v) is 9.25. The molecule has 4 rings (SSSR count). The first-order valence-corrected chi connectivity index (χ1v) is 9.73. The number of fused-ring (bicyclic) bond motifs is 5. The minimum absolute atomic E-state index is 0.124. The van der Waals surface area contributed by atoms with Crippen molar-refractivity contribution in [3.63, 3.8) is 0 Å². The largest absolute Gasteiger partial charge is 0.465 e. The van der Waals surface area contributed by atoms with Gasteiger partial charge in [-0.2, -0.15) is 0 Å². The molecule has 3 fully saturated rings. The monoisotopic (exact) mass is 333 g/mol. The highest BCUT2D eigenvalue weighted by molar-refractivity contribution is 5.65. The van der Waals surface area contributed by atoms with Crippen LogP contribution in [0.15, 0.2) is 11.6 Å². The first kappa shape index (κ1) is 16.4. The van der Waals surface area contributed by atoms with E-state index < -0.39 is 6.09 Å². The van der Waals surface area contributed by atoms with Gasteiger partial charge in [-0.25, -0.2) is 4.79 Å². The number of rotatable bonds is 1. The number of aliphatic hydroxyl groups excluding tert-OH is 1. The van der Waals surface area contributed by atoms with Crippen LogP contribution >= 0.6 is 0 Å². The molecular weight excluding hydrogens is 302 g/mol. The van der Waals surface area contributed by atoms with E-state index in [9.17, 15) is 15.0 Å². The molecule has 0 spiro atoms. The fourth-order valence-electron chi connectivity index (χ4n) is 7.10. The van der Waals surface area contributed by atoms with E-state index in [-0.39, 0.29) is 23.0 Å². The number of aliphatic hydroxyl groups is 1. The molecular formula is C20H31NO3. The zero-order chi connectivity index (χ0) is 17.1. The van der Waals surface area contributed by atoms with Gasteiger partial charge in [0.1, 0.15) is 0 Å². The van der Waals surface area contributed by atoms with Gasteiger partial charge < -0.3 is 15.5 Å². The van der Waals surface area contributed by atoms with E-state index in [1.807, 2.05) is 0 Å². The summed E-state index contributed by atoms with van der Waals surface area (Å²) in [5.74, 6) is 2.09. The molecule has 0 radical (unpaired) electrons. The molecule has 4 aliphatic carbocycles. The Morgan fingerprint density at radius 2 is 1.92 bits per heavy atom. The van der Waals surface area contributed by atoms with Crippen molar-refractivity contribution in [2.24, 2.45) is 28.6 Å². The average molecular weight is 333 g/mol. The van der Waals surface area contributed by atoms with Crippen molar-refractivity contribution in [3.05, 3.63) is 11.6 Å². The minimum Gasteiger partial charge on any atom is -0.465 e. The zero-order valence-electron chi connectivity index (χ0n) is 14.9. The maximum atomic E-state index is 11.2. The number of allylic oxidation sites excluding steroid dienone is 1. The van der Waals surface area contributed by atoms with Crippen molar-refractivity contribution in [1.29, 1.82) is 0 Å². The van der Waals surface area contributed by atoms with Gasteiger partial charge in [-0.15, -0.1) is 0 Å². The lowest BCUT2D eigenvalue weighted by molar-refractivity contribution is -0.0480. The molecule has 134 valence electrons. The summed E-state index contributed by atoms with van der Waals surface area (Å²) in [6.07, 6.45) is 9.90. The molecule has 0 saturated heterocycles. The summed E-state index contributed by atoms with van der Waals surface area (Å²) in [5.41, 5.74) is 1.90. The van der Waals surface area contributed by atoms with Crippen LogP contribution in [0.25, 0.3) is 0 Å². The van der Waals surface area contributed by atoms with Gasteiger partial charge in [0.15, 0.2) is 0 Å². The summed E-state index contributed by atoms with van der Waals surface area (Å²) in [4.78, 5) is 11.2. The summed E-state index contributed by atoms with van der Waals surface area (Å²) < 4.78 is 0. The Morgan fingerprint density at radius 3 is 2.67 bits per heavy atom. The van der Waals surface area contributed by atoms with Crippen LogP contribution in [0, 0.1) is 28.6 Å². The van der Waals surface area contributed by atoms with Gasteiger partial charge in [-0.3, -0.25) is 0 Å². The van der Waals surface area contributed by atoms with Gasteiger partial charge in [0.05, 0.1) is 6.10 Å². The summed E-state index contributed by atoms with van der Waals surface area (Å²) in [6, 6.07) is 0.124. The summed E-state index contributed by atoms with van der Waals surface area (Å²) in [7, 11) is 0. The topological polar surface area (TPSA) is 69.6 Å². The van der Waals surface area contributed by atoms with E-state index in [1.165, 1.54) is 24.8 Å². The normalized spacial score (nSPS) is 50.3. The Morgan fingerprint density at radius 1 is 1.12 bits per heavy atom. The first-order chi connectivity index (χ1) is 11.3. The molecule has 7 atom stereocenters. The molecule has 0 heterocycles. The Bertz CT molecular complexity index is 573. The molecule has 0 bridgehead atoms. The van der Waals surface area contributed by atoms with Gasteiger partial charge >= 0.3 is 6.09 Å². The predicted octanol–water partition coefficient (Wildman–Crippen LogP) is 3.95. The number of hydrogen-bond donors (Lipinski definition) is 3. The maximum absolute atomic E-state index is 11.2. The van der Waals surface area contributed by atoms with E-state index in [4.69, 9.17) is 0 Å². The number of carbonyl (C=O) groups is 1. The molecule has 4 heteroatoms. The highest BCUT2D eigenvalue weighted by Crippen LogP contribution is 2.65. The van der Waals surface area contributed by atoms with Crippen molar-refractivity contribution in [2.45, 2.75) is 77.4 Å². The highest BCUT2D eigenvalue weighted by Gasteiger charge is 2.59. The minimum atomic E-state index is -0.869. The van der Waals surface area contributed by atoms with Crippen molar-refractivity contribution in [2.75, 3.05) is 0 Å². The number of hydrogen-bond acceptors (Lipinski definition) is 2. The Hall–Kier alpha value is -1.03. The SMILES string of the molecule is C[C@]12CCC(O)C=C1CC[C@@H]1[C@H]2CC[C@]2(C)C(NC(=O)O)CC[C@@H]12. The van der Waals surface area contributed by atoms with Crippen LogP contribution in [0.5, 0.6) is 0 Å². The van der Waals surface area contributed by atoms with Crippen LogP contribution in [0.3, 0.4) is 0 Å². The van der Waals surface area contributed by atoms with Gasteiger partial charge in [0.2, 0.25) is 0 Å². The Balaban J connectivity index is 1.61. The third-order valence-electron chi connectivity index (χ3n) is 8.39. The fourth-order valence-corrected chi connectivity index (χ4v) is 7.10. The van der Waals surface area contributed by atoms with E-state index >= 15 is 0 Å². The van der Waals surface area contributed by atoms with E-state index in [0.717, 1.165) is 38.0 Å². The van der Waals surface area contributed by atoms with Gasteiger partial charge in [-0.05, 0) is 80.0 Å². The third-order valence-corrected chi connectivity index (χ3v) is 8.39. The second kappa shape index (κ2) is 5.48. The standard InChI is InChI=1S/C20H31NO3/c1-19-9-7-13(22)11-12(19)3-4-14-15-5-6-17(21-18(23)24)20(15,2)10-8-16(14)19/h11,13-17,21-22H,3-10H2,1-2H3,(H,23,24)/t13?,14-,15-,16+,17?,19-,20-/m0/s1. The summed E-state index contributed by atoms with van der Waals surface area (Å²) in [6.45, 7) is 4.77. The van der Waals surface area contributed by atoms with Crippen LogP contribution in [-0.2, 0) is 0 Å². The smallest absolute Gasteiger partial charge is 0.404 e. The molecule has 0 aromatic rings. The molecule has 1 amide bonds. The van der Waals surface area contributed by atoms with E-state index in [0.29, 0.717) is 11.8 Å². The Kier molecular flexibility index (Phi) is 3.76. The van der Waals surface area contributed by atoms with Gasteiger partial charge in [0, 0.05) is 6.04 Å². The number of carboxylic acid groups (broad SMARTS) is 1. The molecule has 4 nitrogen and oxygen atoms in total. The Labute approximate surface area is 144 Å². The molecule has 0 aromatic heterocycles. The molecule has 2 unspecified atom stereocenters. The van der Waals surface area contributed by atoms with Gasteiger partial charge in [-0.1, -0.05) is 25.5 Å². The molecule has 4 aliphatic rings. The molecule has 24 heavy (non-hydrogen) atoms. The van der Waals surface area contributed by atoms with Crippen LogP contribution < -0.4 is 5.32 Å². The third kappa shape index (κ3) is 2.25. The van der Waals surface area contributed by atoms with Crippen molar-refractivity contribution in [1.82, 2.24) is 5.32 Å². The van der Waals surface area contributed by atoms with E-state index in [2.05, 4.69) is 25.2 Å². The molecule has 0 aliphatic heterocycles. The number of amides is 1. The van der Waals surface area contributed by atoms with Crippen LogP contribution in [0.2, 0.25) is 0 Å². The number of nitrogens with one attached hydrogen (secondary N) is 1. The molecule has 3 saturated carbocycles.